The third-order valence-corrected chi connectivity index (χ3v) is 4.32. The van der Waals surface area contributed by atoms with Gasteiger partial charge in [0, 0.05) is 16.8 Å². The zero-order valence-electron chi connectivity index (χ0n) is 9.81. The molecule has 0 amide bonds. The Morgan fingerprint density at radius 2 is 1.10 bits per heavy atom. The summed E-state index contributed by atoms with van der Waals surface area (Å²) in [5.74, 6) is 0. The van der Waals surface area contributed by atoms with Gasteiger partial charge in [0.1, 0.15) is 0 Å². The summed E-state index contributed by atoms with van der Waals surface area (Å²) in [6.07, 6.45) is 0. The normalized spacial score (nSPS) is 12.1. The summed E-state index contributed by atoms with van der Waals surface area (Å²) in [5.41, 5.74) is 11.2. The molecule has 21 heavy (non-hydrogen) atoms. The Morgan fingerprint density at radius 3 is 1.38 bits per heavy atom. The summed E-state index contributed by atoms with van der Waals surface area (Å²) in [5, 5.41) is 0.287. The molecule has 0 spiro atoms. The molecular formula is C10H11N2NaO6S2. The first-order valence-electron chi connectivity index (χ1n) is 5.08. The molecule has 2 aromatic carbocycles. The molecule has 11 heteroatoms. The van der Waals surface area contributed by atoms with Crippen LogP contribution in [0.3, 0.4) is 0 Å². The Hall–Kier alpha value is -0.880. The molecule has 2 rings (SSSR count). The topological polar surface area (TPSA) is 161 Å². The van der Waals surface area contributed by atoms with Crippen molar-refractivity contribution in [2.75, 3.05) is 11.5 Å². The summed E-state index contributed by atoms with van der Waals surface area (Å²) in [6, 6.07) is 4.01. The molecule has 110 valence electrons. The Kier molecular flexibility index (Phi) is 4.95. The zero-order valence-corrected chi connectivity index (χ0v) is 11.4. The van der Waals surface area contributed by atoms with Crippen LogP contribution < -0.4 is 11.5 Å². The van der Waals surface area contributed by atoms with E-state index in [-0.39, 0.29) is 51.7 Å². The van der Waals surface area contributed by atoms with Crippen LogP contribution in [0.4, 0.5) is 11.4 Å². The van der Waals surface area contributed by atoms with Crippen LogP contribution in [0.25, 0.3) is 10.8 Å². The zero-order chi connectivity index (χ0) is 15.3. The van der Waals surface area contributed by atoms with E-state index in [1.54, 1.807) is 0 Å². The molecule has 0 aliphatic heterocycles. The second-order valence-corrected chi connectivity index (χ2v) is 6.92. The van der Waals surface area contributed by atoms with Gasteiger partial charge in [0.2, 0.25) is 0 Å². The molecule has 8 nitrogen and oxygen atoms in total. The summed E-state index contributed by atoms with van der Waals surface area (Å²) < 4.78 is 62.4. The van der Waals surface area contributed by atoms with Gasteiger partial charge in [-0.05, 0) is 29.7 Å². The molecule has 0 bridgehead atoms. The standard InChI is InChI=1S/C10H10N2O6S2.Na.H/c11-8-3-6(19(13,14)15)1-5-2-7(20(16,17)18)4-9(12)10(5)8;;/h1-4H,11-12H2,(H,13,14,15)(H,16,17,18);;. The fourth-order valence-corrected chi connectivity index (χ4v) is 2.93. The van der Waals surface area contributed by atoms with E-state index in [9.17, 15) is 16.8 Å². The van der Waals surface area contributed by atoms with E-state index < -0.39 is 30.0 Å². The van der Waals surface area contributed by atoms with Crippen LogP contribution in [0, 0.1) is 0 Å². The molecule has 0 aromatic heterocycles. The first kappa shape index (κ1) is 18.2. The summed E-state index contributed by atoms with van der Waals surface area (Å²) in [6.45, 7) is 0. The van der Waals surface area contributed by atoms with Gasteiger partial charge in [-0.15, -0.1) is 0 Å². The molecule has 0 aliphatic rings. The van der Waals surface area contributed by atoms with Crippen molar-refractivity contribution < 1.29 is 25.9 Å². The SMILES string of the molecule is Nc1cc(S(=O)(=O)O)cc2cc(S(=O)(=O)O)cc(N)c12.[NaH]. The third kappa shape index (κ3) is 3.66. The molecule has 0 aliphatic carbocycles. The van der Waals surface area contributed by atoms with Gasteiger partial charge in [-0.1, -0.05) is 0 Å². The van der Waals surface area contributed by atoms with Crippen LogP contribution in [-0.2, 0) is 20.2 Å². The van der Waals surface area contributed by atoms with E-state index in [2.05, 4.69) is 0 Å². The van der Waals surface area contributed by atoms with Gasteiger partial charge in [-0.3, -0.25) is 9.11 Å². The van der Waals surface area contributed by atoms with Crippen LogP contribution in [0.1, 0.15) is 0 Å². The van der Waals surface area contributed by atoms with Gasteiger partial charge in [0.25, 0.3) is 20.2 Å². The average Bonchev–Trinajstić information content (AvgIpc) is 2.25. The van der Waals surface area contributed by atoms with E-state index in [0.29, 0.717) is 0 Å². The Morgan fingerprint density at radius 1 is 0.762 bits per heavy atom. The maximum absolute atomic E-state index is 11.1. The molecule has 0 saturated heterocycles. The molecule has 0 heterocycles. The average molecular weight is 342 g/mol. The van der Waals surface area contributed by atoms with Crippen molar-refractivity contribution in [2.24, 2.45) is 0 Å². The minimum atomic E-state index is -4.51. The predicted molar refractivity (Wildman–Crippen MR) is 79.6 cm³/mol. The summed E-state index contributed by atoms with van der Waals surface area (Å²) in [7, 11) is -9.02. The Labute approximate surface area is 142 Å². The van der Waals surface area contributed by atoms with Gasteiger partial charge < -0.3 is 11.5 Å². The van der Waals surface area contributed by atoms with Crippen molar-refractivity contribution in [1.82, 2.24) is 0 Å². The molecule has 0 unspecified atom stereocenters. The maximum atomic E-state index is 11.1. The fourth-order valence-electron chi connectivity index (χ4n) is 1.82. The van der Waals surface area contributed by atoms with E-state index in [4.69, 9.17) is 20.6 Å². The predicted octanol–water partition coefficient (Wildman–Crippen LogP) is -0.151. The first-order chi connectivity index (χ1) is 9.00. The number of anilines is 2. The molecule has 0 saturated carbocycles. The van der Waals surface area contributed by atoms with Crippen molar-refractivity contribution >= 4 is 71.9 Å². The summed E-state index contributed by atoms with van der Waals surface area (Å²) in [4.78, 5) is -1.01. The molecular weight excluding hydrogens is 331 g/mol. The third-order valence-electron chi connectivity index (χ3n) is 2.65. The van der Waals surface area contributed by atoms with Crippen LogP contribution in [0.15, 0.2) is 34.1 Å². The van der Waals surface area contributed by atoms with Crippen LogP contribution in [0.2, 0.25) is 0 Å². The Bertz CT molecular complexity index is 851. The number of rotatable bonds is 2. The number of nitrogens with two attached hydrogens (primary N) is 2. The summed E-state index contributed by atoms with van der Waals surface area (Å²) >= 11 is 0. The van der Waals surface area contributed by atoms with E-state index in [0.717, 1.165) is 24.3 Å². The van der Waals surface area contributed by atoms with Crippen molar-refractivity contribution in [3.8, 4) is 0 Å². The van der Waals surface area contributed by atoms with Gasteiger partial charge in [-0.2, -0.15) is 16.8 Å². The quantitative estimate of drug-likeness (QED) is 0.333. The number of hydrogen-bond acceptors (Lipinski definition) is 6. The second kappa shape index (κ2) is 5.72. The van der Waals surface area contributed by atoms with Crippen molar-refractivity contribution in [3.63, 3.8) is 0 Å². The van der Waals surface area contributed by atoms with E-state index in [1.807, 2.05) is 0 Å². The van der Waals surface area contributed by atoms with Gasteiger partial charge in [-0.25, -0.2) is 0 Å². The molecule has 0 atom stereocenters. The molecule has 2 aromatic rings. The monoisotopic (exact) mass is 342 g/mol. The Balaban J connectivity index is 0.00000220. The molecule has 0 radical (unpaired) electrons. The van der Waals surface area contributed by atoms with Crippen molar-refractivity contribution in [2.45, 2.75) is 9.79 Å². The second-order valence-electron chi connectivity index (χ2n) is 4.07. The van der Waals surface area contributed by atoms with E-state index in [1.165, 1.54) is 0 Å². The number of nitrogen functional groups attached to an aromatic ring is 2. The number of benzene rings is 2. The van der Waals surface area contributed by atoms with Gasteiger partial charge in [0.05, 0.1) is 9.79 Å². The fraction of sp³-hybridized carbons (Fsp3) is 0. The van der Waals surface area contributed by atoms with Crippen LogP contribution in [-0.4, -0.2) is 55.5 Å². The number of hydrogen-bond donors (Lipinski definition) is 4. The number of fused-ring (bicyclic) bond motifs is 1. The van der Waals surface area contributed by atoms with Crippen molar-refractivity contribution in [3.05, 3.63) is 24.3 Å². The van der Waals surface area contributed by atoms with Crippen LogP contribution in [0.5, 0.6) is 0 Å². The first-order valence-corrected chi connectivity index (χ1v) is 7.96. The van der Waals surface area contributed by atoms with Gasteiger partial charge in [0.15, 0.2) is 0 Å². The van der Waals surface area contributed by atoms with E-state index >= 15 is 0 Å². The van der Waals surface area contributed by atoms with Crippen LogP contribution >= 0.6 is 0 Å². The molecule has 6 N–H and O–H groups in total. The van der Waals surface area contributed by atoms with Gasteiger partial charge >= 0.3 is 29.6 Å². The molecule has 0 fully saturated rings. The minimum absolute atomic E-state index is 0. The van der Waals surface area contributed by atoms with Crippen molar-refractivity contribution in [1.29, 1.82) is 0 Å².